The lowest BCUT2D eigenvalue weighted by atomic mass is 10.0. The summed E-state index contributed by atoms with van der Waals surface area (Å²) in [6, 6.07) is 9.30. The number of alkyl carbamates (subject to hydrolysis) is 1. The van der Waals surface area contributed by atoms with Crippen molar-refractivity contribution in [1.82, 2.24) is 5.32 Å². The van der Waals surface area contributed by atoms with E-state index in [-0.39, 0.29) is 19.3 Å². The van der Waals surface area contributed by atoms with Crippen molar-refractivity contribution < 1.29 is 27.9 Å². The zero-order valence-electron chi connectivity index (χ0n) is 12.8. The van der Waals surface area contributed by atoms with Gasteiger partial charge in [0, 0.05) is 17.1 Å². The van der Waals surface area contributed by atoms with Gasteiger partial charge in [0.25, 0.3) is 0 Å². The normalized spacial score (nSPS) is 18.3. The van der Waals surface area contributed by atoms with Crippen LogP contribution in [0, 0.1) is 5.92 Å². The van der Waals surface area contributed by atoms with E-state index < -0.39 is 14.3 Å². The van der Waals surface area contributed by atoms with E-state index in [4.69, 9.17) is 18.5 Å². The van der Waals surface area contributed by atoms with Crippen LogP contribution in [0.1, 0.15) is 18.4 Å². The van der Waals surface area contributed by atoms with Crippen LogP contribution in [0.2, 0.25) is 0 Å². The van der Waals surface area contributed by atoms with E-state index in [1.54, 1.807) is 0 Å². The van der Waals surface area contributed by atoms with Crippen molar-refractivity contribution in [2.45, 2.75) is 19.4 Å². The lowest BCUT2D eigenvalue weighted by Crippen LogP contribution is -2.26. The summed E-state index contributed by atoms with van der Waals surface area (Å²) in [5.41, 5.74) is 0.882. The van der Waals surface area contributed by atoms with Crippen molar-refractivity contribution in [2.24, 2.45) is 5.92 Å². The third kappa shape index (κ3) is 7.52. The van der Waals surface area contributed by atoms with Gasteiger partial charge in [-0.3, -0.25) is 5.32 Å². The molecule has 2 atom stereocenters. The minimum Gasteiger partial charge on any atom is -0.445 e. The molecule has 1 heterocycles. The number of amides is 1. The number of hydrogen-bond donors (Lipinski definition) is 1. The summed E-state index contributed by atoms with van der Waals surface area (Å²) in [5, 5.41) is 2.35. The van der Waals surface area contributed by atoms with Gasteiger partial charge in [0.2, 0.25) is 0 Å². The molecule has 1 amide bonds. The predicted octanol–water partition coefficient (Wildman–Crippen LogP) is 2.99. The Hall–Kier alpha value is -1.53. The number of hydrogen-bond acceptors (Lipinski definition) is 6. The van der Waals surface area contributed by atoms with Crippen LogP contribution >= 0.6 is 8.25 Å². The van der Waals surface area contributed by atoms with E-state index in [0.29, 0.717) is 13.2 Å². The summed E-state index contributed by atoms with van der Waals surface area (Å²) in [4.78, 5) is 11.4. The minimum absolute atomic E-state index is 0.164. The van der Waals surface area contributed by atoms with Gasteiger partial charge in [0.1, 0.15) is 13.2 Å². The van der Waals surface area contributed by atoms with Gasteiger partial charge in [-0.2, -0.15) is 0 Å². The maximum atomic E-state index is 11.5. The quantitative estimate of drug-likeness (QED) is 0.578. The van der Waals surface area contributed by atoms with Crippen molar-refractivity contribution in [3.05, 3.63) is 35.9 Å². The fourth-order valence-corrected chi connectivity index (χ4v) is 2.64. The number of carbonyl (C=O) groups excluding carboxylic acids is 1. The van der Waals surface area contributed by atoms with Crippen LogP contribution in [0.25, 0.3) is 0 Å². The number of rotatable bonds is 8. The molecule has 1 N–H and O–H groups in total. The Bertz CT molecular complexity index is 492. The number of ether oxygens (including phenoxy) is 2. The molecule has 0 bridgehead atoms. The Balaban J connectivity index is 1.51. The molecule has 8 heteroatoms. The second-order valence-corrected chi connectivity index (χ2v) is 6.08. The highest BCUT2D eigenvalue weighted by atomic mass is 31.1. The molecule has 1 saturated heterocycles. The first-order valence-corrected chi connectivity index (χ1v) is 8.59. The number of nitrogens with one attached hydrogen (secondary N) is 1. The largest absolute Gasteiger partial charge is 0.699 e. The van der Waals surface area contributed by atoms with Crippen LogP contribution in [-0.4, -0.2) is 32.6 Å². The standard InChI is InChI=1S/C15H20NO6P/c17-15(20-10-13-5-2-1-3-6-13)16-12-22-23(18)21-11-14-7-4-8-19-9-14/h1-3,5-6,14H,4,7-12H2/p+1. The zero-order valence-corrected chi connectivity index (χ0v) is 13.7. The first kappa shape index (κ1) is 17.8. The molecule has 0 radical (unpaired) electrons. The van der Waals surface area contributed by atoms with Gasteiger partial charge in [0.15, 0.2) is 6.73 Å². The third-order valence-corrected chi connectivity index (χ3v) is 3.97. The summed E-state index contributed by atoms with van der Waals surface area (Å²) in [7, 11) is -2.27. The Morgan fingerprint density at radius 3 is 2.87 bits per heavy atom. The maximum Gasteiger partial charge on any atom is 0.699 e. The van der Waals surface area contributed by atoms with E-state index in [1.165, 1.54) is 0 Å². The Morgan fingerprint density at radius 2 is 2.13 bits per heavy atom. The van der Waals surface area contributed by atoms with Crippen LogP contribution in [0.15, 0.2) is 30.3 Å². The molecule has 1 fully saturated rings. The molecule has 0 aliphatic carbocycles. The van der Waals surface area contributed by atoms with Gasteiger partial charge in [-0.1, -0.05) is 34.9 Å². The van der Waals surface area contributed by atoms with Gasteiger partial charge in [-0.25, -0.2) is 4.79 Å². The summed E-state index contributed by atoms with van der Waals surface area (Å²) in [5.74, 6) is 0.245. The molecule has 1 aliphatic heterocycles. The van der Waals surface area contributed by atoms with Gasteiger partial charge in [-0.15, -0.1) is 4.52 Å². The molecular weight excluding hydrogens is 321 g/mol. The van der Waals surface area contributed by atoms with E-state index in [9.17, 15) is 9.36 Å². The van der Waals surface area contributed by atoms with Crippen molar-refractivity contribution in [3.8, 4) is 0 Å². The molecule has 1 aromatic rings. The van der Waals surface area contributed by atoms with Gasteiger partial charge < -0.3 is 9.47 Å². The first-order chi connectivity index (χ1) is 11.2. The number of carbonyl (C=O) groups is 1. The van der Waals surface area contributed by atoms with Gasteiger partial charge in [-0.05, 0) is 18.4 Å². The van der Waals surface area contributed by atoms with Crippen LogP contribution in [0.3, 0.4) is 0 Å². The fourth-order valence-electron chi connectivity index (χ4n) is 2.06. The van der Waals surface area contributed by atoms with E-state index in [2.05, 4.69) is 5.32 Å². The van der Waals surface area contributed by atoms with Crippen LogP contribution in [0.4, 0.5) is 4.79 Å². The topological polar surface area (TPSA) is 83.1 Å². The fraction of sp³-hybridized carbons (Fsp3) is 0.533. The zero-order chi connectivity index (χ0) is 16.3. The second-order valence-electron chi connectivity index (χ2n) is 5.11. The summed E-state index contributed by atoms with van der Waals surface area (Å²) < 4.78 is 31.8. The lowest BCUT2D eigenvalue weighted by Gasteiger charge is -2.19. The molecule has 126 valence electrons. The highest BCUT2D eigenvalue weighted by Crippen LogP contribution is 2.26. The number of benzene rings is 1. The monoisotopic (exact) mass is 342 g/mol. The summed E-state index contributed by atoms with van der Waals surface area (Å²) in [6.07, 6.45) is 1.34. The molecule has 23 heavy (non-hydrogen) atoms. The molecule has 1 aliphatic rings. The molecule has 2 rings (SSSR count). The van der Waals surface area contributed by atoms with Crippen molar-refractivity contribution in [2.75, 3.05) is 26.6 Å². The molecule has 0 saturated carbocycles. The smallest absolute Gasteiger partial charge is 0.445 e. The van der Waals surface area contributed by atoms with Crippen LogP contribution < -0.4 is 5.32 Å². The minimum atomic E-state index is -2.27. The SMILES string of the molecule is O=C(NCO[P+](=O)OCC1CCCOC1)OCc1ccccc1. The van der Waals surface area contributed by atoms with E-state index in [1.807, 2.05) is 30.3 Å². The predicted molar refractivity (Wildman–Crippen MR) is 82.8 cm³/mol. The highest BCUT2D eigenvalue weighted by molar-refractivity contribution is 7.33. The van der Waals surface area contributed by atoms with Crippen LogP contribution in [-0.2, 0) is 29.7 Å². The molecule has 7 nitrogen and oxygen atoms in total. The van der Waals surface area contributed by atoms with Crippen molar-refractivity contribution in [3.63, 3.8) is 0 Å². The van der Waals surface area contributed by atoms with Crippen LogP contribution in [0.5, 0.6) is 0 Å². The molecule has 2 unspecified atom stereocenters. The Labute approximate surface area is 136 Å². The van der Waals surface area contributed by atoms with Crippen molar-refractivity contribution >= 4 is 14.3 Å². The highest BCUT2D eigenvalue weighted by Gasteiger charge is 2.25. The molecular formula is C15H21NO6P+. The molecule has 1 aromatic carbocycles. The van der Waals surface area contributed by atoms with Gasteiger partial charge in [0.05, 0.1) is 6.61 Å². The molecule has 0 spiro atoms. The molecule has 0 aromatic heterocycles. The summed E-state index contributed by atoms with van der Waals surface area (Å²) >= 11 is 0. The Morgan fingerprint density at radius 1 is 1.30 bits per heavy atom. The van der Waals surface area contributed by atoms with Crippen molar-refractivity contribution in [1.29, 1.82) is 0 Å². The maximum absolute atomic E-state index is 11.5. The van der Waals surface area contributed by atoms with E-state index in [0.717, 1.165) is 25.0 Å². The lowest BCUT2D eigenvalue weighted by molar-refractivity contribution is 0.0332. The average molecular weight is 342 g/mol. The summed E-state index contributed by atoms with van der Waals surface area (Å²) in [6.45, 7) is 1.65. The van der Waals surface area contributed by atoms with E-state index >= 15 is 0 Å². The third-order valence-electron chi connectivity index (χ3n) is 3.27. The average Bonchev–Trinajstić information content (AvgIpc) is 2.60. The van der Waals surface area contributed by atoms with Gasteiger partial charge >= 0.3 is 14.3 Å². The first-order valence-electron chi connectivity index (χ1n) is 7.49. The second kappa shape index (κ2) is 10.3. The Kier molecular flexibility index (Phi) is 7.97.